The molecular formula is C15H23FN2O. The minimum absolute atomic E-state index is 0.178. The maximum atomic E-state index is 12.9. The van der Waals surface area contributed by atoms with Crippen LogP contribution in [0.1, 0.15) is 12.0 Å². The largest absolute Gasteiger partial charge is 0.381 e. The molecule has 1 heterocycles. The Hall–Kier alpha value is -0.970. The third-order valence-corrected chi connectivity index (χ3v) is 3.76. The molecule has 0 aromatic heterocycles. The average molecular weight is 266 g/mol. The zero-order valence-electron chi connectivity index (χ0n) is 11.7. The number of nitrogens with zero attached hydrogens (tertiary/aromatic N) is 1. The molecule has 4 heteroatoms. The van der Waals surface area contributed by atoms with Gasteiger partial charge in [0.15, 0.2) is 0 Å². The fourth-order valence-electron chi connectivity index (χ4n) is 2.72. The maximum absolute atomic E-state index is 12.9. The number of benzene rings is 1. The van der Waals surface area contributed by atoms with Crippen LogP contribution in [0, 0.1) is 11.7 Å². The van der Waals surface area contributed by atoms with Crippen LogP contribution in [0.4, 0.5) is 4.39 Å². The van der Waals surface area contributed by atoms with Crippen LogP contribution in [0.25, 0.3) is 0 Å². The maximum Gasteiger partial charge on any atom is 0.123 e. The summed E-state index contributed by atoms with van der Waals surface area (Å²) in [4.78, 5) is 2.27. The summed E-state index contributed by atoms with van der Waals surface area (Å²) in [6, 6.07) is 7.26. The molecule has 0 saturated carbocycles. The Balaban J connectivity index is 1.86. The molecule has 1 saturated heterocycles. The zero-order valence-corrected chi connectivity index (χ0v) is 11.7. The summed E-state index contributed by atoms with van der Waals surface area (Å²) in [5, 5.41) is 3.37. The third kappa shape index (κ3) is 4.27. The quantitative estimate of drug-likeness (QED) is 0.880. The van der Waals surface area contributed by atoms with Gasteiger partial charge >= 0.3 is 0 Å². The number of halogens is 1. The molecule has 1 aromatic rings. The van der Waals surface area contributed by atoms with Gasteiger partial charge in [0.2, 0.25) is 0 Å². The number of nitrogens with one attached hydrogen (secondary N) is 1. The normalized spacial score (nSPS) is 23.8. The Kier molecular flexibility index (Phi) is 5.31. The number of hydrogen-bond donors (Lipinski definition) is 1. The average Bonchev–Trinajstić information content (AvgIpc) is 2.42. The molecule has 1 aliphatic heterocycles. The fraction of sp³-hybridized carbons (Fsp3) is 0.600. The molecule has 2 atom stereocenters. The van der Waals surface area contributed by atoms with Gasteiger partial charge in [-0.1, -0.05) is 12.1 Å². The van der Waals surface area contributed by atoms with E-state index in [9.17, 15) is 4.39 Å². The minimum atomic E-state index is -0.178. The van der Waals surface area contributed by atoms with E-state index in [4.69, 9.17) is 4.74 Å². The van der Waals surface area contributed by atoms with Gasteiger partial charge in [0.25, 0.3) is 0 Å². The lowest BCUT2D eigenvalue weighted by atomic mass is 9.95. The Morgan fingerprint density at radius 1 is 1.37 bits per heavy atom. The van der Waals surface area contributed by atoms with Crippen LogP contribution in [0.15, 0.2) is 24.3 Å². The lowest BCUT2D eigenvalue weighted by molar-refractivity contribution is 0.0208. The van der Waals surface area contributed by atoms with Crippen molar-refractivity contribution >= 4 is 0 Å². The molecule has 1 N–H and O–H groups in total. The molecule has 0 spiro atoms. The van der Waals surface area contributed by atoms with Gasteiger partial charge in [0, 0.05) is 31.7 Å². The van der Waals surface area contributed by atoms with Gasteiger partial charge < -0.3 is 15.0 Å². The van der Waals surface area contributed by atoms with Gasteiger partial charge in [0.1, 0.15) is 5.82 Å². The number of hydrogen-bond acceptors (Lipinski definition) is 3. The molecule has 1 aliphatic rings. The van der Waals surface area contributed by atoms with E-state index in [0.717, 1.165) is 38.3 Å². The van der Waals surface area contributed by atoms with E-state index >= 15 is 0 Å². The van der Waals surface area contributed by atoms with Crippen LogP contribution in [0.2, 0.25) is 0 Å². The van der Waals surface area contributed by atoms with Crippen molar-refractivity contribution in [3.8, 4) is 0 Å². The fourth-order valence-corrected chi connectivity index (χ4v) is 2.72. The lowest BCUT2D eigenvalue weighted by Gasteiger charge is -2.34. The topological polar surface area (TPSA) is 24.5 Å². The summed E-state index contributed by atoms with van der Waals surface area (Å²) in [5.41, 5.74) is 1.14. The molecule has 0 aliphatic carbocycles. The summed E-state index contributed by atoms with van der Waals surface area (Å²) in [6.07, 6.45) is 1.07. The van der Waals surface area contributed by atoms with Gasteiger partial charge in [-0.2, -0.15) is 0 Å². The minimum Gasteiger partial charge on any atom is -0.381 e. The van der Waals surface area contributed by atoms with Crippen molar-refractivity contribution in [3.05, 3.63) is 35.6 Å². The summed E-state index contributed by atoms with van der Waals surface area (Å²) >= 11 is 0. The van der Waals surface area contributed by atoms with Crippen LogP contribution in [0.5, 0.6) is 0 Å². The van der Waals surface area contributed by atoms with E-state index in [1.54, 1.807) is 0 Å². The van der Waals surface area contributed by atoms with Gasteiger partial charge in [-0.05, 0) is 38.2 Å². The van der Waals surface area contributed by atoms with Gasteiger partial charge in [-0.3, -0.25) is 0 Å². The van der Waals surface area contributed by atoms with Crippen LogP contribution >= 0.6 is 0 Å². The van der Waals surface area contributed by atoms with Crippen molar-refractivity contribution in [2.24, 2.45) is 5.92 Å². The van der Waals surface area contributed by atoms with Gasteiger partial charge in [-0.15, -0.1) is 0 Å². The first-order chi connectivity index (χ1) is 9.19. The Morgan fingerprint density at radius 3 is 2.79 bits per heavy atom. The Morgan fingerprint density at radius 2 is 2.11 bits per heavy atom. The standard InChI is InChI=1S/C15H23FN2O/c1-17-15-7-8-19-11-13(15)10-18(2)9-12-3-5-14(16)6-4-12/h3-6,13,15,17H,7-11H2,1-2H3. The highest BCUT2D eigenvalue weighted by atomic mass is 19.1. The summed E-state index contributed by atoms with van der Waals surface area (Å²) in [7, 11) is 4.12. The molecule has 19 heavy (non-hydrogen) atoms. The van der Waals surface area contributed by atoms with E-state index < -0.39 is 0 Å². The number of ether oxygens (including phenoxy) is 1. The molecule has 0 radical (unpaired) electrons. The second kappa shape index (κ2) is 6.98. The van der Waals surface area contributed by atoms with E-state index in [2.05, 4.69) is 17.3 Å². The number of rotatable bonds is 5. The second-order valence-electron chi connectivity index (χ2n) is 5.34. The van der Waals surface area contributed by atoms with Crippen LogP contribution in [0.3, 0.4) is 0 Å². The van der Waals surface area contributed by atoms with Gasteiger partial charge in [0.05, 0.1) is 6.61 Å². The highest BCUT2D eigenvalue weighted by Crippen LogP contribution is 2.16. The SMILES string of the molecule is CNC1CCOCC1CN(C)Cc1ccc(F)cc1. The predicted molar refractivity (Wildman–Crippen MR) is 74.5 cm³/mol. The van der Waals surface area contributed by atoms with Gasteiger partial charge in [-0.25, -0.2) is 4.39 Å². The van der Waals surface area contributed by atoms with Crippen LogP contribution in [-0.2, 0) is 11.3 Å². The second-order valence-corrected chi connectivity index (χ2v) is 5.34. The molecule has 2 unspecified atom stereocenters. The first-order valence-electron chi connectivity index (χ1n) is 6.87. The van der Waals surface area contributed by atoms with E-state index in [1.165, 1.54) is 12.1 Å². The first kappa shape index (κ1) is 14.4. The lowest BCUT2D eigenvalue weighted by Crippen LogP contribution is -2.45. The van der Waals surface area contributed by atoms with Crippen LogP contribution < -0.4 is 5.32 Å². The van der Waals surface area contributed by atoms with Crippen molar-refractivity contribution in [3.63, 3.8) is 0 Å². The molecule has 1 fully saturated rings. The van der Waals surface area contributed by atoms with Crippen molar-refractivity contribution in [2.45, 2.75) is 19.0 Å². The molecular weight excluding hydrogens is 243 g/mol. The molecule has 2 rings (SSSR count). The summed E-state index contributed by atoms with van der Waals surface area (Å²) in [5.74, 6) is 0.339. The van der Waals surface area contributed by atoms with E-state index in [0.29, 0.717) is 12.0 Å². The van der Waals surface area contributed by atoms with Crippen molar-refractivity contribution < 1.29 is 9.13 Å². The molecule has 106 valence electrons. The smallest absolute Gasteiger partial charge is 0.123 e. The van der Waals surface area contributed by atoms with E-state index in [-0.39, 0.29) is 5.82 Å². The van der Waals surface area contributed by atoms with Crippen molar-refractivity contribution in [1.29, 1.82) is 0 Å². The molecule has 3 nitrogen and oxygen atoms in total. The zero-order chi connectivity index (χ0) is 13.7. The van der Waals surface area contributed by atoms with Crippen LogP contribution in [-0.4, -0.2) is 44.8 Å². The third-order valence-electron chi connectivity index (χ3n) is 3.76. The summed E-state index contributed by atoms with van der Waals surface area (Å²) < 4.78 is 18.4. The summed E-state index contributed by atoms with van der Waals surface area (Å²) in [6.45, 7) is 3.50. The molecule has 0 bridgehead atoms. The molecule has 1 aromatic carbocycles. The molecule has 0 amide bonds. The highest BCUT2D eigenvalue weighted by Gasteiger charge is 2.25. The predicted octanol–water partition coefficient (Wildman–Crippen LogP) is 1.88. The first-order valence-corrected chi connectivity index (χ1v) is 6.87. The Labute approximate surface area is 114 Å². The van der Waals surface area contributed by atoms with Crippen molar-refractivity contribution in [1.82, 2.24) is 10.2 Å². The monoisotopic (exact) mass is 266 g/mol. The van der Waals surface area contributed by atoms with Crippen molar-refractivity contribution in [2.75, 3.05) is 33.9 Å². The highest BCUT2D eigenvalue weighted by molar-refractivity contribution is 5.15. The van der Waals surface area contributed by atoms with E-state index in [1.807, 2.05) is 19.2 Å². The Bertz CT molecular complexity index is 382.